The first-order chi connectivity index (χ1) is 8.83. The second kappa shape index (κ2) is 6.19. The van der Waals surface area contributed by atoms with E-state index >= 15 is 0 Å². The monoisotopic (exact) mass is 265 g/mol. The fourth-order valence-electron chi connectivity index (χ4n) is 1.37. The van der Waals surface area contributed by atoms with Gasteiger partial charge in [-0.3, -0.25) is 4.79 Å². The minimum atomic E-state index is -0.641. The fraction of sp³-hybridized carbons (Fsp3) is 0.429. The topological polar surface area (TPSA) is 59.3 Å². The van der Waals surface area contributed by atoms with Crippen molar-refractivity contribution in [1.29, 1.82) is 5.26 Å². The van der Waals surface area contributed by atoms with Crippen molar-refractivity contribution in [3.05, 3.63) is 29.6 Å². The average molecular weight is 265 g/mol. The Kier molecular flexibility index (Phi) is 4.87. The minimum absolute atomic E-state index is 0.0348. The molecule has 1 rings (SSSR count). The third-order valence-corrected chi connectivity index (χ3v) is 2.07. The standard InChI is InChI=1S/C14H16FNO3/c1-14(2,3)19-13(17)7-8-18-12-6-4-5-11(15)10(12)9-16/h4-6H,7-8H2,1-3H3. The lowest BCUT2D eigenvalue weighted by Crippen LogP contribution is -2.24. The van der Waals surface area contributed by atoms with Crippen LogP contribution < -0.4 is 4.74 Å². The van der Waals surface area contributed by atoms with Gasteiger partial charge in [-0.2, -0.15) is 5.26 Å². The Hall–Kier alpha value is -2.09. The minimum Gasteiger partial charge on any atom is -0.491 e. The highest BCUT2D eigenvalue weighted by atomic mass is 19.1. The van der Waals surface area contributed by atoms with Gasteiger partial charge >= 0.3 is 5.97 Å². The third-order valence-electron chi connectivity index (χ3n) is 2.07. The van der Waals surface area contributed by atoms with Gasteiger partial charge < -0.3 is 9.47 Å². The lowest BCUT2D eigenvalue weighted by atomic mass is 10.2. The Labute approximate surface area is 111 Å². The first-order valence-electron chi connectivity index (χ1n) is 5.87. The molecule has 0 unspecified atom stereocenters. The van der Waals surface area contributed by atoms with Gasteiger partial charge in [0.2, 0.25) is 0 Å². The van der Waals surface area contributed by atoms with Crippen molar-refractivity contribution in [2.75, 3.05) is 6.61 Å². The highest BCUT2D eigenvalue weighted by Gasteiger charge is 2.16. The molecule has 0 saturated heterocycles. The molecule has 0 heterocycles. The zero-order chi connectivity index (χ0) is 14.5. The van der Waals surface area contributed by atoms with Crippen LogP contribution in [-0.2, 0) is 9.53 Å². The van der Waals surface area contributed by atoms with Crippen molar-refractivity contribution >= 4 is 5.97 Å². The summed E-state index contributed by atoms with van der Waals surface area (Å²) in [6.45, 7) is 5.34. The van der Waals surface area contributed by atoms with E-state index in [9.17, 15) is 9.18 Å². The number of nitriles is 1. The van der Waals surface area contributed by atoms with Gasteiger partial charge in [-0.1, -0.05) is 6.07 Å². The SMILES string of the molecule is CC(C)(C)OC(=O)CCOc1cccc(F)c1C#N. The third kappa shape index (κ3) is 4.96. The van der Waals surface area contributed by atoms with Gasteiger partial charge in [-0.15, -0.1) is 0 Å². The molecule has 0 saturated carbocycles. The summed E-state index contributed by atoms with van der Waals surface area (Å²) in [6, 6.07) is 5.83. The summed E-state index contributed by atoms with van der Waals surface area (Å²) in [5.74, 6) is -0.911. The van der Waals surface area contributed by atoms with Crippen LogP contribution in [0.15, 0.2) is 18.2 Å². The summed E-state index contributed by atoms with van der Waals surface area (Å²) in [5, 5.41) is 8.80. The number of rotatable bonds is 4. The molecule has 0 atom stereocenters. The van der Waals surface area contributed by atoms with Crippen molar-refractivity contribution in [1.82, 2.24) is 0 Å². The van der Waals surface area contributed by atoms with Crippen molar-refractivity contribution in [2.24, 2.45) is 0 Å². The Balaban J connectivity index is 2.53. The van der Waals surface area contributed by atoms with Gasteiger partial charge in [0.05, 0.1) is 13.0 Å². The molecule has 0 spiro atoms. The highest BCUT2D eigenvalue weighted by Crippen LogP contribution is 2.20. The van der Waals surface area contributed by atoms with E-state index < -0.39 is 17.4 Å². The largest absolute Gasteiger partial charge is 0.491 e. The number of hydrogen-bond donors (Lipinski definition) is 0. The molecule has 0 aliphatic heterocycles. The summed E-state index contributed by atoms with van der Waals surface area (Å²) < 4.78 is 23.6. The van der Waals surface area contributed by atoms with Crippen molar-refractivity contribution in [3.8, 4) is 11.8 Å². The molecular weight excluding hydrogens is 249 g/mol. The molecule has 0 fully saturated rings. The van der Waals surface area contributed by atoms with Gasteiger partial charge in [0, 0.05) is 0 Å². The molecule has 102 valence electrons. The van der Waals surface area contributed by atoms with Crippen LogP contribution in [-0.4, -0.2) is 18.2 Å². The van der Waals surface area contributed by atoms with E-state index in [1.165, 1.54) is 18.2 Å². The predicted molar refractivity (Wildman–Crippen MR) is 67.1 cm³/mol. The summed E-state index contributed by atoms with van der Waals surface area (Å²) >= 11 is 0. The maximum Gasteiger partial charge on any atom is 0.309 e. The first kappa shape index (κ1) is 15.0. The van der Waals surface area contributed by atoms with Gasteiger partial charge in [-0.25, -0.2) is 4.39 Å². The Bertz CT molecular complexity index is 500. The zero-order valence-electron chi connectivity index (χ0n) is 11.2. The highest BCUT2D eigenvalue weighted by molar-refractivity contribution is 5.70. The first-order valence-corrected chi connectivity index (χ1v) is 5.87. The van der Waals surface area contributed by atoms with Crippen LogP contribution in [0.5, 0.6) is 5.75 Å². The summed E-state index contributed by atoms with van der Waals surface area (Å²) in [7, 11) is 0. The Morgan fingerprint density at radius 1 is 1.42 bits per heavy atom. The number of ether oxygens (including phenoxy) is 2. The second-order valence-electron chi connectivity index (χ2n) is 4.91. The number of carbonyl (C=O) groups is 1. The van der Waals surface area contributed by atoms with E-state index in [1.54, 1.807) is 26.8 Å². The fourth-order valence-corrected chi connectivity index (χ4v) is 1.37. The molecule has 0 bridgehead atoms. The summed E-state index contributed by atoms with van der Waals surface area (Å²) in [4.78, 5) is 11.4. The molecule has 1 aromatic carbocycles. The maximum atomic E-state index is 13.3. The number of hydrogen-bond acceptors (Lipinski definition) is 4. The van der Waals surface area contributed by atoms with Crippen molar-refractivity contribution in [3.63, 3.8) is 0 Å². The molecule has 0 amide bonds. The van der Waals surface area contributed by atoms with Gasteiger partial charge in [-0.05, 0) is 32.9 Å². The van der Waals surface area contributed by atoms with Crippen LogP contribution in [0.25, 0.3) is 0 Å². The molecule has 0 aliphatic rings. The van der Waals surface area contributed by atoms with E-state index in [4.69, 9.17) is 14.7 Å². The number of nitrogens with zero attached hydrogens (tertiary/aromatic N) is 1. The van der Waals surface area contributed by atoms with Crippen LogP contribution in [0.1, 0.15) is 32.8 Å². The van der Waals surface area contributed by atoms with Crippen molar-refractivity contribution < 1.29 is 18.7 Å². The zero-order valence-corrected chi connectivity index (χ0v) is 11.2. The molecule has 0 N–H and O–H groups in total. The second-order valence-corrected chi connectivity index (χ2v) is 4.91. The maximum absolute atomic E-state index is 13.3. The molecule has 0 radical (unpaired) electrons. The molecule has 19 heavy (non-hydrogen) atoms. The van der Waals surface area contributed by atoms with Gasteiger partial charge in [0.25, 0.3) is 0 Å². The lowest BCUT2D eigenvalue weighted by Gasteiger charge is -2.19. The van der Waals surface area contributed by atoms with E-state index in [1.807, 2.05) is 0 Å². The quantitative estimate of drug-likeness (QED) is 0.785. The van der Waals surface area contributed by atoms with E-state index in [0.717, 1.165) is 0 Å². The van der Waals surface area contributed by atoms with Gasteiger partial charge in [0.1, 0.15) is 28.8 Å². The van der Waals surface area contributed by atoms with Crippen LogP contribution in [0.3, 0.4) is 0 Å². The van der Waals surface area contributed by atoms with E-state index in [2.05, 4.69) is 0 Å². The number of halogens is 1. The number of benzene rings is 1. The van der Waals surface area contributed by atoms with Crippen LogP contribution in [0.4, 0.5) is 4.39 Å². The Morgan fingerprint density at radius 2 is 2.11 bits per heavy atom. The average Bonchev–Trinajstić information content (AvgIpc) is 2.26. The van der Waals surface area contributed by atoms with Crippen molar-refractivity contribution in [2.45, 2.75) is 32.8 Å². The molecule has 5 heteroatoms. The Morgan fingerprint density at radius 3 is 2.68 bits per heavy atom. The molecule has 0 aliphatic carbocycles. The lowest BCUT2D eigenvalue weighted by molar-refractivity contribution is -0.155. The van der Waals surface area contributed by atoms with Crippen LogP contribution in [0, 0.1) is 17.1 Å². The number of esters is 1. The molecule has 1 aromatic rings. The summed E-state index contributed by atoms with van der Waals surface area (Å²) in [6.07, 6.45) is 0.0403. The smallest absolute Gasteiger partial charge is 0.309 e. The molecule has 0 aromatic heterocycles. The summed E-state index contributed by atoms with van der Waals surface area (Å²) in [5.41, 5.74) is -0.708. The van der Waals surface area contributed by atoms with Crippen LogP contribution in [0.2, 0.25) is 0 Å². The van der Waals surface area contributed by atoms with E-state index in [-0.39, 0.29) is 24.3 Å². The number of carbonyl (C=O) groups excluding carboxylic acids is 1. The normalized spacial score (nSPS) is 10.7. The molecular formula is C14H16FNO3. The van der Waals surface area contributed by atoms with E-state index in [0.29, 0.717) is 0 Å². The van der Waals surface area contributed by atoms with Crippen LogP contribution >= 0.6 is 0 Å². The predicted octanol–water partition coefficient (Wildman–Crippen LogP) is 2.81. The van der Waals surface area contributed by atoms with Gasteiger partial charge in [0.15, 0.2) is 0 Å². The molecule has 4 nitrogen and oxygen atoms in total.